The lowest BCUT2D eigenvalue weighted by atomic mass is 10.1. The molecule has 112 valence electrons. The Balaban J connectivity index is 2.35. The van der Waals surface area contributed by atoms with E-state index in [1.807, 2.05) is 19.9 Å². The minimum absolute atomic E-state index is 0.316. The fourth-order valence-corrected chi connectivity index (χ4v) is 2.39. The molecule has 3 nitrogen and oxygen atoms in total. The van der Waals surface area contributed by atoms with Gasteiger partial charge >= 0.3 is 0 Å². The van der Waals surface area contributed by atoms with E-state index in [0.717, 1.165) is 23.4 Å². The van der Waals surface area contributed by atoms with Crippen molar-refractivity contribution in [3.63, 3.8) is 0 Å². The largest absolute Gasteiger partial charge is 0.439 e. The van der Waals surface area contributed by atoms with Gasteiger partial charge in [0.15, 0.2) is 0 Å². The van der Waals surface area contributed by atoms with Crippen LogP contribution in [0.5, 0.6) is 11.6 Å². The van der Waals surface area contributed by atoms with E-state index in [-0.39, 0.29) is 5.82 Å². The van der Waals surface area contributed by atoms with Crippen LogP contribution in [0.1, 0.15) is 23.7 Å². The lowest BCUT2D eigenvalue weighted by Crippen LogP contribution is -2.14. The zero-order chi connectivity index (χ0) is 15.4. The number of hydrogen-bond acceptors (Lipinski definition) is 3. The van der Waals surface area contributed by atoms with Gasteiger partial charge in [0.05, 0.1) is 4.47 Å². The van der Waals surface area contributed by atoms with E-state index in [2.05, 4.69) is 33.2 Å². The third-order valence-electron chi connectivity index (χ3n) is 3.09. The van der Waals surface area contributed by atoms with Gasteiger partial charge < -0.3 is 10.1 Å². The summed E-state index contributed by atoms with van der Waals surface area (Å²) in [4.78, 5) is 4.46. The summed E-state index contributed by atoms with van der Waals surface area (Å²) in [6.07, 6.45) is 0. The van der Waals surface area contributed by atoms with Crippen LogP contribution in [0, 0.1) is 19.7 Å². The number of halogens is 2. The number of aryl methyl sites for hydroxylation is 2. The highest BCUT2D eigenvalue weighted by molar-refractivity contribution is 9.10. The minimum Gasteiger partial charge on any atom is -0.439 e. The van der Waals surface area contributed by atoms with Crippen LogP contribution in [-0.4, -0.2) is 11.5 Å². The van der Waals surface area contributed by atoms with Gasteiger partial charge in [-0.05, 0) is 66.2 Å². The second kappa shape index (κ2) is 7.00. The van der Waals surface area contributed by atoms with Crippen LogP contribution >= 0.6 is 15.9 Å². The van der Waals surface area contributed by atoms with Crippen molar-refractivity contribution in [3.8, 4) is 11.6 Å². The predicted octanol–water partition coefficient (Wildman–Crippen LogP) is 4.50. The molecule has 0 amide bonds. The van der Waals surface area contributed by atoms with Crippen LogP contribution in [0.2, 0.25) is 0 Å². The number of ether oxygens (including phenoxy) is 1. The molecular weight excluding hydrogens is 335 g/mol. The van der Waals surface area contributed by atoms with Crippen LogP contribution < -0.4 is 10.1 Å². The van der Waals surface area contributed by atoms with Gasteiger partial charge in [-0.1, -0.05) is 6.92 Å². The molecule has 0 saturated carbocycles. The summed E-state index contributed by atoms with van der Waals surface area (Å²) >= 11 is 3.16. The molecule has 0 aliphatic carbocycles. The molecule has 0 bridgehead atoms. The van der Waals surface area contributed by atoms with Crippen LogP contribution in [-0.2, 0) is 6.54 Å². The van der Waals surface area contributed by atoms with Crippen molar-refractivity contribution in [1.29, 1.82) is 0 Å². The monoisotopic (exact) mass is 352 g/mol. The Labute approximate surface area is 132 Å². The van der Waals surface area contributed by atoms with Crippen molar-refractivity contribution in [2.45, 2.75) is 27.3 Å². The molecule has 0 atom stereocenters. The van der Waals surface area contributed by atoms with E-state index in [9.17, 15) is 4.39 Å². The number of benzene rings is 1. The second-order valence-corrected chi connectivity index (χ2v) is 5.68. The fraction of sp³-hybridized carbons (Fsp3) is 0.312. The van der Waals surface area contributed by atoms with E-state index < -0.39 is 0 Å². The summed E-state index contributed by atoms with van der Waals surface area (Å²) in [6, 6.07) is 6.59. The number of nitrogens with one attached hydrogen (secondary N) is 1. The lowest BCUT2D eigenvalue weighted by Gasteiger charge is -2.14. The average molecular weight is 353 g/mol. The third kappa shape index (κ3) is 4.02. The first kappa shape index (κ1) is 15.9. The highest BCUT2D eigenvalue weighted by Gasteiger charge is 2.12. The smallest absolute Gasteiger partial charge is 0.224 e. The maximum atomic E-state index is 13.3. The number of pyridine rings is 1. The van der Waals surface area contributed by atoms with Crippen molar-refractivity contribution in [1.82, 2.24) is 10.3 Å². The number of aromatic nitrogens is 1. The molecule has 2 aromatic rings. The van der Waals surface area contributed by atoms with Gasteiger partial charge in [-0.2, -0.15) is 0 Å². The topological polar surface area (TPSA) is 34.2 Å². The summed E-state index contributed by atoms with van der Waals surface area (Å²) in [5.41, 5.74) is 3.03. The van der Waals surface area contributed by atoms with Gasteiger partial charge in [0.2, 0.25) is 5.88 Å². The Morgan fingerprint density at radius 3 is 2.71 bits per heavy atom. The van der Waals surface area contributed by atoms with E-state index >= 15 is 0 Å². The molecule has 2 rings (SSSR count). The molecule has 0 unspecified atom stereocenters. The van der Waals surface area contributed by atoms with Crippen molar-refractivity contribution < 1.29 is 9.13 Å². The van der Waals surface area contributed by atoms with E-state index in [0.29, 0.717) is 22.6 Å². The molecule has 0 radical (unpaired) electrons. The zero-order valence-electron chi connectivity index (χ0n) is 12.3. The van der Waals surface area contributed by atoms with Crippen LogP contribution in [0.3, 0.4) is 0 Å². The Bertz CT molecular complexity index is 646. The zero-order valence-corrected chi connectivity index (χ0v) is 13.9. The summed E-state index contributed by atoms with van der Waals surface area (Å²) in [6.45, 7) is 7.57. The van der Waals surface area contributed by atoms with Crippen LogP contribution in [0.25, 0.3) is 0 Å². The first-order valence-corrected chi connectivity index (χ1v) is 7.61. The average Bonchev–Trinajstić information content (AvgIpc) is 2.42. The van der Waals surface area contributed by atoms with Gasteiger partial charge in [0, 0.05) is 17.8 Å². The third-order valence-corrected chi connectivity index (χ3v) is 3.70. The van der Waals surface area contributed by atoms with Crippen molar-refractivity contribution in [2.75, 3.05) is 6.54 Å². The molecule has 0 fully saturated rings. The predicted molar refractivity (Wildman–Crippen MR) is 85.3 cm³/mol. The van der Waals surface area contributed by atoms with Crippen LogP contribution in [0.15, 0.2) is 28.7 Å². The first-order chi connectivity index (χ1) is 10.0. The normalized spacial score (nSPS) is 10.7. The molecule has 21 heavy (non-hydrogen) atoms. The number of nitrogens with zero attached hydrogens (tertiary/aromatic N) is 1. The van der Waals surface area contributed by atoms with Gasteiger partial charge in [-0.15, -0.1) is 0 Å². The number of rotatable bonds is 5. The van der Waals surface area contributed by atoms with Crippen molar-refractivity contribution >= 4 is 15.9 Å². The Kier molecular flexibility index (Phi) is 5.31. The Morgan fingerprint density at radius 2 is 2.05 bits per heavy atom. The van der Waals surface area contributed by atoms with Crippen molar-refractivity contribution in [3.05, 3.63) is 51.4 Å². The highest BCUT2D eigenvalue weighted by atomic mass is 79.9. The summed E-state index contributed by atoms with van der Waals surface area (Å²) in [5, 5.41) is 3.28. The van der Waals surface area contributed by atoms with E-state index in [1.165, 1.54) is 6.07 Å². The molecule has 0 aliphatic heterocycles. The maximum Gasteiger partial charge on any atom is 0.224 e. The summed E-state index contributed by atoms with van der Waals surface area (Å²) in [5.74, 6) is 0.800. The molecule has 5 heteroatoms. The van der Waals surface area contributed by atoms with Crippen LogP contribution in [0.4, 0.5) is 4.39 Å². The Hall–Kier alpha value is -1.46. The second-order valence-electron chi connectivity index (χ2n) is 4.82. The molecule has 0 saturated heterocycles. The van der Waals surface area contributed by atoms with Gasteiger partial charge in [-0.3, -0.25) is 0 Å². The van der Waals surface area contributed by atoms with Gasteiger partial charge in [0.25, 0.3) is 0 Å². The van der Waals surface area contributed by atoms with E-state index in [4.69, 9.17) is 4.74 Å². The van der Waals surface area contributed by atoms with Gasteiger partial charge in [0.1, 0.15) is 11.6 Å². The molecule has 1 aromatic heterocycles. The first-order valence-electron chi connectivity index (χ1n) is 6.82. The molecule has 1 aromatic carbocycles. The quantitative estimate of drug-likeness (QED) is 0.859. The summed E-state index contributed by atoms with van der Waals surface area (Å²) < 4.78 is 19.5. The number of hydrogen-bond donors (Lipinski definition) is 1. The molecule has 1 heterocycles. The molecule has 0 aliphatic rings. The summed E-state index contributed by atoms with van der Waals surface area (Å²) in [7, 11) is 0. The maximum absolute atomic E-state index is 13.3. The Morgan fingerprint density at radius 1 is 1.29 bits per heavy atom. The molecular formula is C16H18BrFN2O. The fourth-order valence-electron chi connectivity index (χ4n) is 2.03. The molecule has 0 spiro atoms. The SMILES string of the molecule is CCNCc1c(C)cc(C)nc1Oc1ccc(F)c(Br)c1. The van der Waals surface area contributed by atoms with Gasteiger partial charge in [-0.25, -0.2) is 9.37 Å². The van der Waals surface area contributed by atoms with Crippen molar-refractivity contribution in [2.24, 2.45) is 0 Å². The van der Waals surface area contributed by atoms with E-state index in [1.54, 1.807) is 12.1 Å². The molecule has 1 N–H and O–H groups in total. The lowest BCUT2D eigenvalue weighted by molar-refractivity contribution is 0.449. The standard InChI is InChI=1S/C16H18BrFN2O/c1-4-19-9-13-10(2)7-11(3)20-16(13)21-12-5-6-15(18)14(17)8-12/h5-8,19H,4,9H2,1-3H3. The minimum atomic E-state index is -0.316. The highest BCUT2D eigenvalue weighted by Crippen LogP contribution is 2.29.